The first-order chi connectivity index (χ1) is 13.1. The Labute approximate surface area is 163 Å². The van der Waals surface area contributed by atoms with Crippen molar-refractivity contribution in [2.45, 2.75) is 19.3 Å². The molecule has 1 fully saturated rings. The largest absolute Gasteiger partial charge is 0.496 e. The maximum atomic E-state index is 12.3. The smallest absolute Gasteiger partial charge is 0.326 e. The second-order valence-corrected chi connectivity index (χ2v) is 6.73. The minimum Gasteiger partial charge on any atom is -0.496 e. The first-order valence-corrected chi connectivity index (χ1v) is 9.26. The Balaban J connectivity index is 1.63. The van der Waals surface area contributed by atoms with Gasteiger partial charge in [0.05, 0.1) is 23.4 Å². The Morgan fingerprint density at radius 2 is 1.81 bits per heavy atom. The monoisotopic (exact) mass is 387 g/mol. The van der Waals surface area contributed by atoms with Crippen molar-refractivity contribution in [3.05, 3.63) is 53.1 Å². The van der Waals surface area contributed by atoms with Crippen LogP contribution in [0, 0.1) is 0 Å². The molecule has 2 aromatic carbocycles. The molecule has 2 N–H and O–H groups in total. The van der Waals surface area contributed by atoms with Gasteiger partial charge >= 0.3 is 6.03 Å². The Morgan fingerprint density at radius 3 is 2.52 bits per heavy atom. The number of ether oxygens (including phenoxy) is 1. The molecule has 1 aliphatic heterocycles. The summed E-state index contributed by atoms with van der Waals surface area (Å²) in [5.41, 5.74) is 1.77. The van der Waals surface area contributed by atoms with Crippen molar-refractivity contribution in [3.8, 4) is 5.75 Å². The third-order valence-electron chi connectivity index (χ3n) is 4.48. The molecule has 0 spiro atoms. The van der Waals surface area contributed by atoms with Gasteiger partial charge in [0.25, 0.3) is 5.91 Å². The van der Waals surface area contributed by atoms with E-state index in [1.165, 1.54) is 13.5 Å². The fourth-order valence-corrected chi connectivity index (χ4v) is 3.44. The minimum absolute atomic E-state index is 0.286. The van der Waals surface area contributed by atoms with Gasteiger partial charge < -0.3 is 15.0 Å². The molecule has 0 radical (unpaired) electrons. The quantitative estimate of drug-likeness (QED) is 0.820. The normalized spacial score (nSPS) is 13.8. The van der Waals surface area contributed by atoms with Crippen LogP contribution in [0.4, 0.5) is 16.2 Å². The van der Waals surface area contributed by atoms with Gasteiger partial charge in [-0.3, -0.25) is 10.1 Å². The van der Waals surface area contributed by atoms with E-state index in [4.69, 9.17) is 16.3 Å². The number of amides is 3. The molecule has 27 heavy (non-hydrogen) atoms. The molecule has 142 valence electrons. The van der Waals surface area contributed by atoms with Crippen molar-refractivity contribution in [1.82, 2.24) is 5.32 Å². The molecular weight excluding hydrogens is 366 g/mol. The van der Waals surface area contributed by atoms with Gasteiger partial charge in [-0.05, 0) is 49.6 Å². The summed E-state index contributed by atoms with van der Waals surface area (Å²) in [5.74, 6) is -0.141. The molecule has 2 aromatic rings. The van der Waals surface area contributed by atoms with Crippen molar-refractivity contribution in [2.75, 3.05) is 30.4 Å². The highest BCUT2D eigenvalue weighted by Gasteiger charge is 2.16. The average molecular weight is 388 g/mol. The van der Waals surface area contributed by atoms with Crippen LogP contribution in [0.1, 0.15) is 29.6 Å². The number of halogens is 1. The number of piperidine rings is 1. The summed E-state index contributed by atoms with van der Waals surface area (Å²) >= 11 is 6.39. The van der Waals surface area contributed by atoms with Gasteiger partial charge in [0.15, 0.2) is 0 Å². The van der Waals surface area contributed by atoms with Crippen molar-refractivity contribution in [1.29, 1.82) is 0 Å². The number of benzene rings is 2. The number of carbonyl (C=O) groups excluding carboxylic acids is 2. The topological polar surface area (TPSA) is 70.7 Å². The van der Waals surface area contributed by atoms with E-state index in [0.717, 1.165) is 31.6 Å². The predicted octanol–water partition coefficient (Wildman–Crippen LogP) is 4.30. The number of nitrogens with one attached hydrogen (secondary N) is 2. The van der Waals surface area contributed by atoms with Crippen LogP contribution in [0.5, 0.6) is 5.75 Å². The van der Waals surface area contributed by atoms with Crippen LogP contribution in [-0.4, -0.2) is 32.1 Å². The zero-order valence-corrected chi connectivity index (χ0v) is 15.9. The lowest BCUT2D eigenvalue weighted by atomic mass is 10.1. The standard InChI is InChI=1S/C20H22ClN3O3/c1-27-18-8-4-3-7-15(18)19(25)23-20(26)22-14-9-10-17(16(21)13-14)24-11-5-2-6-12-24/h3-4,7-10,13H,2,5-6,11-12H2,1H3,(H2,22,23,25,26). The number of imide groups is 1. The summed E-state index contributed by atoms with van der Waals surface area (Å²) < 4.78 is 5.14. The van der Waals surface area contributed by atoms with E-state index in [2.05, 4.69) is 15.5 Å². The second kappa shape index (κ2) is 8.77. The fraction of sp³-hybridized carbons (Fsp3) is 0.300. The maximum absolute atomic E-state index is 12.3. The van der Waals surface area contributed by atoms with Crippen LogP contribution in [0.15, 0.2) is 42.5 Å². The molecule has 0 aromatic heterocycles. The van der Waals surface area contributed by atoms with Crippen molar-refractivity contribution < 1.29 is 14.3 Å². The van der Waals surface area contributed by atoms with Gasteiger partial charge in [-0.2, -0.15) is 0 Å². The summed E-state index contributed by atoms with van der Waals surface area (Å²) in [6, 6.07) is 11.4. The summed E-state index contributed by atoms with van der Waals surface area (Å²) in [5, 5.41) is 5.51. The number of anilines is 2. The molecular formula is C20H22ClN3O3. The number of urea groups is 1. The number of para-hydroxylation sites is 1. The molecule has 1 saturated heterocycles. The minimum atomic E-state index is -0.632. The summed E-state index contributed by atoms with van der Waals surface area (Å²) in [4.78, 5) is 26.7. The van der Waals surface area contributed by atoms with Crippen LogP contribution in [0.2, 0.25) is 5.02 Å². The summed E-state index contributed by atoms with van der Waals surface area (Å²) in [7, 11) is 1.47. The first-order valence-electron chi connectivity index (χ1n) is 8.88. The van der Waals surface area contributed by atoms with E-state index in [1.807, 2.05) is 6.07 Å². The van der Waals surface area contributed by atoms with E-state index in [0.29, 0.717) is 16.5 Å². The molecule has 3 amide bonds. The van der Waals surface area contributed by atoms with E-state index in [1.54, 1.807) is 36.4 Å². The third-order valence-corrected chi connectivity index (χ3v) is 4.78. The zero-order valence-electron chi connectivity index (χ0n) is 15.1. The van der Waals surface area contributed by atoms with E-state index < -0.39 is 11.9 Å². The highest BCUT2D eigenvalue weighted by Crippen LogP contribution is 2.30. The number of hydrogen-bond acceptors (Lipinski definition) is 4. The molecule has 0 saturated carbocycles. The molecule has 6 nitrogen and oxygen atoms in total. The van der Waals surface area contributed by atoms with Gasteiger partial charge in [-0.15, -0.1) is 0 Å². The zero-order chi connectivity index (χ0) is 19.2. The third kappa shape index (κ3) is 4.71. The molecule has 3 rings (SSSR count). The van der Waals surface area contributed by atoms with Crippen molar-refractivity contribution in [3.63, 3.8) is 0 Å². The second-order valence-electron chi connectivity index (χ2n) is 6.32. The summed E-state index contributed by atoms with van der Waals surface area (Å²) in [6.45, 7) is 1.97. The number of rotatable bonds is 4. The number of methoxy groups -OCH3 is 1. The first kappa shape index (κ1) is 19.0. The maximum Gasteiger partial charge on any atom is 0.326 e. The molecule has 0 bridgehead atoms. The number of nitrogens with zero attached hydrogens (tertiary/aromatic N) is 1. The molecule has 1 aliphatic rings. The van der Waals surface area contributed by atoms with Crippen LogP contribution in [0.25, 0.3) is 0 Å². The van der Waals surface area contributed by atoms with Gasteiger partial charge in [0.1, 0.15) is 5.75 Å². The van der Waals surface area contributed by atoms with E-state index >= 15 is 0 Å². The van der Waals surface area contributed by atoms with Gasteiger partial charge in [0.2, 0.25) is 0 Å². The molecule has 0 atom stereocenters. The molecule has 7 heteroatoms. The summed E-state index contributed by atoms with van der Waals surface area (Å²) in [6.07, 6.45) is 3.56. The molecule has 0 unspecified atom stereocenters. The Morgan fingerprint density at radius 1 is 1.07 bits per heavy atom. The molecule has 0 aliphatic carbocycles. The van der Waals surface area contributed by atoms with E-state index in [-0.39, 0.29) is 5.56 Å². The van der Waals surface area contributed by atoms with Crippen LogP contribution in [-0.2, 0) is 0 Å². The number of hydrogen-bond donors (Lipinski definition) is 2. The van der Waals surface area contributed by atoms with E-state index in [9.17, 15) is 9.59 Å². The lowest BCUT2D eigenvalue weighted by Crippen LogP contribution is -2.34. The van der Waals surface area contributed by atoms with Crippen molar-refractivity contribution in [2.24, 2.45) is 0 Å². The molecule has 1 heterocycles. The van der Waals surface area contributed by atoms with Gasteiger partial charge in [-0.25, -0.2) is 4.79 Å². The van der Waals surface area contributed by atoms with Gasteiger partial charge in [-0.1, -0.05) is 23.7 Å². The fourth-order valence-electron chi connectivity index (χ4n) is 3.14. The highest BCUT2D eigenvalue weighted by molar-refractivity contribution is 6.33. The Kier molecular flexibility index (Phi) is 6.19. The van der Waals surface area contributed by atoms with Gasteiger partial charge in [0, 0.05) is 18.8 Å². The van der Waals surface area contributed by atoms with Crippen LogP contribution < -0.4 is 20.3 Å². The van der Waals surface area contributed by atoms with Crippen molar-refractivity contribution >= 4 is 34.9 Å². The Bertz CT molecular complexity index is 835. The van der Waals surface area contributed by atoms with Crippen LogP contribution in [0.3, 0.4) is 0 Å². The van der Waals surface area contributed by atoms with Crippen LogP contribution >= 0.6 is 11.6 Å². The predicted molar refractivity (Wildman–Crippen MR) is 107 cm³/mol. The lowest BCUT2D eigenvalue weighted by Gasteiger charge is -2.29. The Hall–Kier alpha value is -2.73. The SMILES string of the molecule is COc1ccccc1C(=O)NC(=O)Nc1ccc(N2CCCCC2)c(Cl)c1. The highest BCUT2D eigenvalue weighted by atomic mass is 35.5. The number of carbonyl (C=O) groups is 2. The lowest BCUT2D eigenvalue weighted by molar-refractivity contribution is 0.0964. The average Bonchev–Trinajstić information content (AvgIpc) is 2.68.